The Hall–Kier alpha value is -2.22. The Labute approximate surface area is 139 Å². The van der Waals surface area contributed by atoms with Crippen LogP contribution >= 0.6 is 0 Å². The monoisotopic (exact) mass is 337 g/mol. The summed E-state index contributed by atoms with van der Waals surface area (Å²) in [6.45, 7) is 0.511. The second-order valence-electron chi connectivity index (χ2n) is 6.03. The molecular formula is C16H23N3O5. The molecule has 0 bridgehead atoms. The molecule has 8 heteroatoms. The first kappa shape index (κ1) is 18.1. The summed E-state index contributed by atoms with van der Waals surface area (Å²) in [4.78, 5) is 36.0. The predicted octanol–water partition coefficient (Wildman–Crippen LogP) is 0.797. The maximum absolute atomic E-state index is 12.5. The number of aromatic nitrogens is 2. The van der Waals surface area contributed by atoms with Crippen LogP contribution in [0.15, 0.2) is 16.9 Å². The fourth-order valence-corrected chi connectivity index (χ4v) is 2.91. The molecule has 1 fully saturated rings. The van der Waals surface area contributed by atoms with Crippen LogP contribution in [0.2, 0.25) is 0 Å². The molecule has 0 spiro atoms. The van der Waals surface area contributed by atoms with Gasteiger partial charge in [0.2, 0.25) is 0 Å². The van der Waals surface area contributed by atoms with E-state index in [0.29, 0.717) is 12.8 Å². The molecule has 1 amide bonds. The van der Waals surface area contributed by atoms with Gasteiger partial charge in [-0.1, -0.05) is 25.7 Å². The topological polar surface area (TPSA) is 111 Å². The van der Waals surface area contributed by atoms with E-state index < -0.39 is 17.4 Å². The number of carbonyl (C=O) groups is 2. The van der Waals surface area contributed by atoms with Crippen LogP contribution in [0.5, 0.6) is 0 Å². The van der Waals surface area contributed by atoms with Crippen LogP contribution in [0.25, 0.3) is 0 Å². The van der Waals surface area contributed by atoms with Crippen molar-refractivity contribution < 1.29 is 19.4 Å². The molecule has 0 aromatic carbocycles. The summed E-state index contributed by atoms with van der Waals surface area (Å²) >= 11 is 0. The van der Waals surface area contributed by atoms with E-state index in [2.05, 4.69) is 10.4 Å². The van der Waals surface area contributed by atoms with E-state index in [0.717, 1.165) is 30.4 Å². The Morgan fingerprint density at radius 3 is 2.54 bits per heavy atom. The van der Waals surface area contributed by atoms with Gasteiger partial charge in [-0.15, -0.1) is 0 Å². The molecule has 1 aromatic rings. The molecule has 1 aliphatic carbocycles. The van der Waals surface area contributed by atoms with E-state index in [1.807, 2.05) is 0 Å². The fraction of sp³-hybridized carbons (Fsp3) is 0.625. The number of carbonyl (C=O) groups excluding carboxylic acids is 1. The van der Waals surface area contributed by atoms with Crippen molar-refractivity contribution in [3.63, 3.8) is 0 Å². The fourth-order valence-electron chi connectivity index (χ4n) is 2.91. The molecule has 0 atom stereocenters. The minimum absolute atomic E-state index is 0.0237. The molecule has 1 heterocycles. The van der Waals surface area contributed by atoms with Crippen molar-refractivity contribution in [3.05, 3.63) is 28.2 Å². The summed E-state index contributed by atoms with van der Waals surface area (Å²) < 4.78 is 6.04. The largest absolute Gasteiger partial charge is 0.480 e. The number of ether oxygens (including phenoxy) is 1. The second-order valence-corrected chi connectivity index (χ2v) is 6.03. The molecule has 1 aliphatic rings. The smallest absolute Gasteiger partial charge is 0.329 e. The van der Waals surface area contributed by atoms with Gasteiger partial charge in [0.1, 0.15) is 11.2 Å². The number of methoxy groups -OCH3 is 1. The summed E-state index contributed by atoms with van der Waals surface area (Å²) in [5.74, 6) is -1.60. The Morgan fingerprint density at radius 1 is 1.29 bits per heavy atom. The SMILES string of the molecule is COCCn1nc(C(=O)NC2(C(=O)O)CCCCCC2)ccc1=O. The van der Waals surface area contributed by atoms with E-state index in [9.17, 15) is 19.5 Å². The van der Waals surface area contributed by atoms with E-state index in [1.165, 1.54) is 19.2 Å². The zero-order valence-electron chi connectivity index (χ0n) is 13.8. The summed E-state index contributed by atoms with van der Waals surface area (Å²) in [5.41, 5.74) is -1.58. The Kier molecular flexibility index (Phi) is 6.08. The van der Waals surface area contributed by atoms with Crippen LogP contribution in [0, 0.1) is 0 Å². The van der Waals surface area contributed by atoms with Crippen molar-refractivity contribution in [1.82, 2.24) is 15.1 Å². The summed E-state index contributed by atoms with van der Waals surface area (Å²) in [6, 6.07) is 2.56. The van der Waals surface area contributed by atoms with Crippen molar-refractivity contribution in [2.75, 3.05) is 13.7 Å². The van der Waals surface area contributed by atoms with Gasteiger partial charge in [-0.25, -0.2) is 9.48 Å². The highest BCUT2D eigenvalue weighted by Gasteiger charge is 2.40. The molecule has 132 valence electrons. The zero-order chi connectivity index (χ0) is 17.6. The van der Waals surface area contributed by atoms with Crippen molar-refractivity contribution in [1.29, 1.82) is 0 Å². The number of carboxylic acids is 1. The number of hydrogen-bond donors (Lipinski definition) is 2. The van der Waals surface area contributed by atoms with Gasteiger partial charge in [0.05, 0.1) is 13.2 Å². The third kappa shape index (κ3) is 4.19. The van der Waals surface area contributed by atoms with Crippen molar-refractivity contribution in [2.45, 2.75) is 50.6 Å². The van der Waals surface area contributed by atoms with Crippen LogP contribution in [-0.4, -0.2) is 46.0 Å². The summed E-state index contributed by atoms with van der Waals surface area (Å²) in [6.07, 6.45) is 4.24. The van der Waals surface area contributed by atoms with Gasteiger partial charge in [-0.2, -0.15) is 5.10 Å². The third-order valence-electron chi connectivity index (χ3n) is 4.33. The maximum Gasteiger partial charge on any atom is 0.329 e. The number of carboxylic acid groups (broad SMARTS) is 1. The molecule has 1 saturated carbocycles. The van der Waals surface area contributed by atoms with Crippen molar-refractivity contribution in [2.24, 2.45) is 0 Å². The molecule has 0 radical (unpaired) electrons. The lowest BCUT2D eigenvalue weighted by Crippen LogP contribution is -2.54. The average molecular weight is 337 g/mol. The lowest BCUT2D eigenvalue weighted by Gasteiger charge is -2.29. The van der Waals surface area contributed by atoms with Gasteiger partial charge in [0, 0.05) is 13.2 Å². The van der Waals surface area contributed by atoms with Gasteiger partial charge >= 0.3 is 5.97 Å². The second kappa shape index (κ2) is 8.05. The number of hydrogen-bond acceptors (Lipinski definition) is 5. The van der Waals surface area contributed by atoms with E-state index in [-0.39, 0.29) is 24.4 Å². The molecule has 24 heavy (non-hydrogen) atoms. The van der Waals surface area contributed by atoms with Gasteiger partial charge in [0.25, 0.3) is 11.5 Å². The van der Waals surface area contributed by atoms with Gasteiger partial charge in [-0.3, -0.25) is 9.59 Å². The molecule has 1 aromatic heterocycles. The summed E-state index contributed by atoms with van der Waals surface area (Å²) in [5, 5.41) is 16.3. The van der Waals surface area contributed by atoms with Crippen LogP contribution in [0.4, 0.5) is 0 Å². The normalized spacial score (nSPS) is 17.0. The first-order valence-corrected chi connectivity index (χ1v) is 8.11. The van der Waals surface area contributed by atoms with Crippen LogP contribution in [0.1, 0.15) is 49.0 Å². The molecular weight excluding hydrogens is 314 g/mol. The van der Waals surface area contributed by atoms with Gasteiger partial charge in [-0.05, 0) is 18.9 Å². The Bertz CT molecular complexity index is 647. The number of nitrogens with zero attached hydrogens (tertiary/aromatic N) is 2. The Balaban J connectivity index is 2.20. The van der Waals surface area contributed by atoms with Gasteiger partial charge < -0.3 is 15.2 Å². The van der Waals surface area contributed by atoms with Crippen LogP contribution in [0.3, 0.4) is 0 Å². The molecule has 2 rings (SSSR count). The Morgan fingerprint density at radius 2 is 1.96 bits per heavy atom. The average Bonchev–Trinajstić information content (AvgIpc) is 2.80. The highest BCUT2D eigenvalue weighted by molar-refractivity contribution is 5.96. The van der Waals surface area contributed by atoms with E-state index >= 15 is 0 Å². The minimum atomic E-state index is -1.26. The third-order valence-corrected chi connectivity index (χ3v) is 4.33. The van der Waals surface area contributed by atoms with Crippen molar-refractivity contribution >= 4 is 11.9 Å². The molecule has 0 unspecified atom stereocenters. The molecule has 2 N–H and O–H groups in total. The highest BCUT2D eigenvalue weighted by Crippen LogP contribution is 2.27. The van der Waals surface area contributed by atoms with Crippen molar-refractivity contribution in [3.8, 4) is 0 Å². The molecule has 0 saturated heterocycles. The van der Waals surface area contributed by atoms with E-state index in [4.69, 9.17) is 4.74 Å². The molecule has 8 nitrogen and oxygen atoms in total. The van der Waals surface area contributed by atoms with Crippen LogP contribution < -0.4 is 10.9 Å². The summed E-state index contributed by atoms with van der Waals surface area (Å²) in [7, 11) is 1.50. The highest BCUT2D eigenvalue weighted by atomic mass is 16.5. The predicted molar refractivity (Wildman–Crippen MR) is 85.9 cm³/mol. The first-order chi connectivity index (χ1) is 11.5. The number of aliphatic carboxylic acids is 1. The zero-order valence-corrected chi connectivity index (χ0v) is 13.8. The maximum atomic E-state index is 12.5. The van der Waals surface area contributed by atoms with Crippen LogP contribution in [-0.2, 0) is 16.1 Å². The number of amides is 1. The lowest BCUT2D eigenvalue weighted by molar-refractivity contribution is -0.145. The van der Waals surface area contributed by atoms with E-state index in [1.54, 1.807) is 0 Å². The number of nitrogens with one attached hydrogen (secondary N) is 1. The number of rotatable bonds is 6. The minimum Gasteiger partial charge on any atom is -0.480 e. The molecule has 0 aliphatic heterocycles. The van der Waals surface area contributed by atoms with Gasteiger partial charge in [0.15, 0.2) is 0 Å². The standard InChI is InChI=1S/C16H23N3O5/c1-24-11-10-19-13(20)7-6-12(18-19)14(21)17-16(15(22)23)8-4-2-3-5-9-16/h6-7H,2-5,8-11H2,1H3,(H,17,21)(H,22,23). The quantitative estimate of drug-likeness (QED) is 0.743. The lowest BCUT2D eigenvalue weighted by atomic mass is 9.90. The first-order valence-electron chi connectivity index (χ1n) is 8.11.